The molecule has 1 aliphatic heterocycles. The second kappa shape index (κ2) is 4.23. The lowest BCUT2D eigenvalue weighted by Gasteiger charge is -2.19. The number of benzene rings is 1. The molecule has 86 valence electrons. The van der Waals surface area contributed by atoms with Crippen LogP contribution in [-0.4, -0.2) is 31.6 Å². The number of carbonyl (C=O) groups excluding carboxylic acids is 1. The fourth-order valence-corrected chi connectivity index (χ4v) is 1.79. The smallest absolute Gasteiger partial charge is 0.185 e. The van der Waals surface area contributed by atoms with Gasteiger partial charge in [0, 0.05) is 12.2 Å². The van der Waals surface area contributed by atoms with E-state index in [1.807, 2.05) is 0 Å². The first-order valence-corrected chi connectivity index (χ1v) is 5.21. The molecular formula is C12H15NO3. The predicted molar refractivity (Wildman–Crippen MR) is 59.7 cm³/mol. The van der Waals surface area contributed by atoms with Crippen molar-refractivity contribution in [2.75, 3.05) is 20.3 Å². The van der Waals surface area contributed by atoms with Crippen LogP contribution < -0.4 is 10.5 Å². The summed E-state index contributed by atoms with van der Waals surface area (Å²) in [6, 6.07) is 6.97. The molecule has 0 spiro atoms. The maximum Gasteiger partial charge on any atom is 0.185 e. The maximum absolute atomic E-state index is 12.1. The lowest BCUT2D eigenvalue weighted by atomic mass is 9.90. The van der Waals surface area contributed by atoms with Crippen LogP contribution >= 0.6 is 0 Å². The standard InChI is InChI=1S/C12H15NO3/c1-15-10-4-2-9(3-5-10)11(14)12(13)6-7-16-8-12/h2-5H,6-8,13H2,1H3. The molecule has 1 aromatic rings. The summed E-state index contributed by atoms with van der Waals surface area (Å²) in [6.45, 7) is 0.857. The fourth-order valence-electron chi connectivity index (χ4n) is 1.79. The summed E-state index contributed by atoms with van der Waals surface area (Å²) in [7, 11) is 1.59. The number of ether oxygens (including phenoxy) is 2. The van der Waals surface area contributed by atoms with Gasteiger partial charge < -0.3 is 15.2 Å². The minimum Gasteiger partial charge on any atom is -0.497 e. The quantitative estimate of drug-likeness (QED) is 0.773. The van der Waals surface area contributed by atoms with E-state index < -0.39 is 5.54 Å². The van der Waals surface area contributed by atoms with E-state index >= 15 is 0 Å². The highest BCUT2D eigenvalue weighted by Crippen LogP contribution is 2.22. The number of hydrogen-bond donors (Lipinski definition) is 1. The summed E-state index contributed by atoms with van der Waals surface area (Å²) in [5.41, 5.74) is 5.75. The van der Waals surface area contributed by atoms with Gasteiger partial charge in [-0.2, -0.15) is 0 Å². The molecule has 0 saturated carbocycles. The van der Waals surface area contributed by atoms with Gasteiger partial charge in [0.25, 0.3) is 0 Å². The first-order chi connectivity index (χ1) is 7.65. The topological polar surface area (TPSA) is 61.5 Å². The number of ketones is 1. The van der Waals surface area contributed by atoms with E-state index in [1.165, 1.54) is 0 Å². The van der Waals surface area contributed by atoms with Crippen molar-refractivity contribution in [3.8, 4) is 5.75 Å². The monoisotopic (exact) mass is 221 g/mol. The lowest BCUT2D eigenvalue weighted by molar-refractivity contribution is 0.0863. The normalized spacial score (nSPS) is 24.4. The second-order valence-corrected chi connectivity index (χ2v) is 4.02. The minimum atomic E-state index is -0.853. The van der Waals surface area contributed by atoms with Gasteiger partial charge in [-0.1, -0.05) is 0 Å². The lowest BCUT2D eigenvalue weighted by Crippen LogP contribution is -2.48. The molecule has 0 bridgehead atoms. The molecule has 4 nitrogen and oxygen atoms in total. The highest BCUT2D eigenvalue weighted by Gasteiger charge is 2.38. The summed E-state index contributed by atoms with van der Waals surface area (Å²) in [5, 5.41) is 0. The Balaban J connectivity index is 2.20. The first-order valence-electron chi connectivity index (χ1n) is 5.21. The minimum absolute atomic E-state index is 0.0624. The molecule has 1 aromatic carbocycles. The molecule has 16 heavy (non-hydrogen) atoms. The number of nitrogens with two attached hydrogens (primary N) is 1. The highest BCUT2D eigenvalue weighted by atomic mass is 16.5. The van der Waals surface area contributed by atoms with E-state index in [0.717, 1.165) is 5.75 Å². The summed E-state index contributed by atoms with van der Waals surface area (Å²) < 4.78 is 10.2. The van der Waals surface area contributed by atoms with Crippen molar-refractivity contribution < 1.29 is 14.3 Å². The average molecular weight is 221 g/mol. The number of Topliss-reactive ketones (excluding diaryl/α,β-unsaturated/α-hetero) is 1. The van der Waals surface area contributed by atoms with Crippen LogP contribution in [0.4, 0.5) is 0 Å². The van der Waals surface area contributed by atoms with E-state index in [2.05, 4.69) is 0 Å². The van der Waals surface area contributed by atoms with Crippen molar-refractivity contribution >= 4 is 5.78 Å². The van der Waals surface area contributed by atoms with Crippen molar-refractivity contribution in [2.24, 2.45) is 5.73 Å². The zero-order chi connectivity index (χ0) is 11.6. The van der Waals surface area contributed by atoms with E-state index in [4.69, 9.17) is 15.2 Å². The molecule has 1 unspecified atom stereocenters. The summed E-state index contributed by atoms with van der Waals surface area (Å²) in [5.74, 6) is 0.665. The third-order valence-electron chi connectivity index (χ3n) is 2.86. The molecule has 1 heterocycles. The fraction of sp³-hybridized carbons (Fsp3) is 0.417. The van der Waals surface area contributed by atoms with Crippen molar-refractivity contribution in [2.45, 2.75) is 12.0 Å². The molecule has 0 aliphatic carbocycles. The number of rotatable bonds is 3. The zero-order valence-electron chi connectivity index (χ0n) is 9.23. The maximum atomic E-state index is 12.1. The first kappa shape index (κ1) is 11.1. The van der Waals surface area contributed by atoms with Gasteiger partial charge in [0.2, 0.25) is 0 Å². The van der Waals surface area contributed by atoms with E-state index in [0.29, 0.717) is 25.2 Å². The van der Waals surface area contributed by atoms with Crippen LogP contribution in [0, 0.1) is 0 Å². The van der Waals surface area contributed by atoms with Gasteiger partial charge >= 0.3 is 0 Å². The molecular weight excluding hydrogens is 206 g/mol. The van der Waals surface area contributed by atoms with Gasteiger partial charge in [-0.25, -0.2) is 0 Å². The largest absolute Gasteiger partial charge is 0.497 e. The Bertz CT molecular complexity index is 380. The molecule has 4 heteroatoms. The van der Waals surface area contributed by atoms with Gasteiger partial charge in [-0.15, -0.1) is 0 Å². The van der Waals surface area contributed by atoms with Crippen LogP contribution in [0.5, 0.6) is 5.75 Å². The molecule has 0 amide bonds. The molecule has 0 aromatic heterocycles. The van der Waals surface area contributed by atoms with Crippen molar-refractivity contribution in [1.29, 1.82) is 0 Å². The molecule has 1 atom stereocenters. The Morgan fingerprint density at radius 1 is 1.44 bits per heavy atom. The van der Waals surface area contributed by atoms with E-state index in [-0.39, 0.29) is 5.78 Å². The van der Waals surface area contributed by atoms with E-state index in [9.17, 15) is 4.79 Å². The Morgan fingerprint density at radius 2 is 2.12 bits per heavy atom. The Kier molecular flexibility index (Phi) is 2.94. The van der Waals surface area contributed by atoms with Crippen molar-refractivity contribution in [1.82, 2.24) is 0 Å². The van der Waals surface area contributed by atoms with Crippen LogP contribution in [0.1, 0.15) is 16.8 Å². The molecule has 2 rings (SSSR count). The molecule has 1 fully saturated rings. The molecule has 0 radical (unpaired) electrons. The van der Waals surface area contributed by atoms with Crippen LogP contribution in [0.25, 0.3) is 0 Å². The number of carbonyl (C=O) groups is 1. The predicted octanol–water partition coefficient (Wildman–Crippen LogP) is 0.996. The Labute approximate surface area is 94.3 Å². The SMILES string of the molecule is COc1ccc(C(=O)C2(N)CCOC2)cc1. The Hall–Kier alpha value is -1.39. The van der Waals surface area contributed by atoms with Crippen LogP contribution in [-0.2, 0) is 4.74 Å². The molecule has 2 N–H and O–H groups in total. The summed E-state index contributed by atoms with van der Waals surface area (Å²) >= 11 is 0. The van der Waals surface area contributed by atoms with Crippen molar-refractivity contribution in [3.63, 3.8) is 0 Å². The zero-order valence-corrected chi connectivity index (χ0v) is 9.23. The number of hydrogen-bond acceptors (Lipinski definition) is 4. The van der Waals surface area contributed by atoms with Crippen LogP contribution in [0.3, 0.4) is 0 Å². The van der Waals surface area contributed by atoms with Gasteiger partial charge in [0.05, 0.1) is 13.7 Å². The third-order valence-corrected chi connectivity index (χ3v) is 2.86. The van der Waals surface area contributed by atoms with Crippen LogP contribution in [0.15, 0.2) is 24.3 Å². The summed E-state index contributed by atoms with van der Waals surface area (Å²) in [4.78, 5) is 12.1. The van der Waals surface area contributed by atoms with Gasteiger partial charge in [-0.3, -0.25) is 4.79 Å². The Morgan fingerprint density at radius 3 is 2.62 bits per heavy atom. The number of methoxy groups -OCH3 is 1. The summed E-state index contributed by atoms with van der Waals surface area (Å²) in [6.07, 6.45) is 0.581. The van der Waals surface area contributed by atoms with Gasteiger partial charge in [-0.05, 0) is 30.7 Å². The van der Waals surface area contributed by atoms with E-state index in [1.54, 1.807) is 31.4 Å². The van der Waals surface area contributed by atoms with Crippen LogP contribution in [0.2, 0.25) is 0 Å². The second-order valence-electron chi connectivity index (χ2n) is 4.02. The van der Waals surface area contributed by atoms with Crippen molar-refractivity contribution in [3.05, 3.63) is 29.8 Å². The molecule has 1 aliphatic rings. The molecule has 1 saturated heterocycles. The third kappa shape index (κ3) is 1.94. The average Bonchev–Trinajstić information content (AvgIpc) is 2.77. The van der Waals surface area contributed by atoms with Gasteiger partial charge in [0.15, 0.2) is 5.78 Å². The van der Waals surface area contributed by atoms with Gasteiger partial charge in [0.1, 0.15) is 11.3 Å². The highest BCUT2D eigenvalue weighted by molar-refractivity contribution is 6.03.